The number of para-hydroxylation sites is 2. The van der Waals surface area contributed by atoms with E-state index < -0.39 is 15.9 Å². The standard InChI is InChI=1S/C22H24N4O5S/c1-4-30-19-7-5-6-8-20(19)31-14-21(27)25-17-9-11-18(12-10-17)32(28,29)26-22-23-15(2)13-16(3)24-22/h5-13H,4,14H2,1-3H3,(H,25,27)(H,23,24,26). The number of hydrogen-bond donors (Lipinski definition) is 2. The number of carbonyl (C=O) groups excluding carboxylic acids is 1. The molecule has 0 spiro atoms. The summed E-state index contributed by atoms with van der Waals surface area (Å²) in [6, 6.07) is 14.6. The lowest BCUT2D eigenvalue weighted by Crippen LogP contribution is -2.20. The number of nitrogens with zero attached hydrogens (tertiary/aromatic N) is 2. The van der Waals surface area contributed by atoms with Crippen LogP contribution in [0.5, 0.6) is 11.5 Å². The van der Waals surface area contributed by atoms with Crippen molar-refractivity contribution in [1.29, 1.82) is 0 Å². The summed E-state index contributed by atoms with van der Waals surface area (Å²) in [5, 5.41) is 2.66. The highest BCUT2D eigenvalue weighted by molar-refractivity contribution is 7.92. The van der Waals surface area contributed by atoms with E-state index in [2.05, 4.69) is 20.0 Å². The summed E-state index contributed by atoms with van der Waals surface area (Å²) in [6.45, 7) is 5.62. The predicted octanol–water partition coefficient (Wildman–Crippen LogP) is 3.31. The normalized spacial score (nSPS) is 11.0. The summed E-state index contributed by atoms with van der Waals surface area (Å²) in [7, 11) is -3.87. The molecule has 1 heterocycles. The van der Waals surface area contributed by atoms with Crippen LogP contribution in [0.25, 0.3) is 0 Å². The van der Waals surface area contributed by atoms with Crippen molar-refractivity contribution in [2.24, 2.45) is 0 Å². The first-order chi connectivity index (χ1) is 15.3. The largest absolute Gasteiger partial charge is 0.490 e. The van der Waals surface area contributed by atoms with Gasteiger partial charge in [-0.05, 0) is 63.2 Å². The fraction of sp³-hybridized carbons (Fsp3) is 0.227. The van der Waals surface area contributed by atoms with Gasteiger partial charge in [0.2, 0.25) is 5.95 Å². The lowest BCUT2D eigenvalue weighted by molar-refractivity contribution is -0.118. The number of aryl methyl sites for hydroxylation is 2. The topological polar surface area (TPSA) is 120 Å². The van der Waals surface area contributed by atoms with Crippen LogP contribution < -0.4 is 19.5 Å². The Morgan fingerprint density at radius 2 is 1.53 bits per heavy atom. The van der Waals surface area contributed by atoms with E-state index in [-0.39, 0.29) is 17.5 Å². The minimum absolute atomic E-state index is 0.00404. The van der Waals surface area contributed by atoms with Crippen LogP contribution in [0.4, 0.5) is 11.6 Å². The number of amides is 1. The summed E-state index contributed by atoms with van der Waals surface area (Å²) in [5.41, 5.74) is 1.73. The molecule has 0 aliphatic heterocycles. The molecule has 0 unspecified atom stereocenters. The minimum Gasteiger partial charge on any atom is -0.490 e. The van der Waals surface area contributed by atoms with Crippen LogP contribution in [0.2, 0.25) is 0 Å². The maximum Gasteiger partial charge on any atom is 0.264 e. The zero-order valence-corrected chi connectivity index (χ0v) is 18.8. The predicted molar refractivity (Wildman–Crippen MR) is 120 cm³/mol. The maximum atomic E-state index is 12.6. The fourth-order valence-electron chi connectivity index (χ4n) is 2.85. The molecule has 168 valence electrons. The number of aromatic nitrogens is 2. The van der Waals surface area contributed by atoms with Gasteiger partial charge in [-0.3, -0.25) is 4.79 Å². The Bertz CT molecular complexity index is 1180. The molecule has 2 aromatic carbocycles. The third-order valence-electron chi connectivity index (χ3n) is 4.16. The first-order valence-electron chi connectivity index (χ1n) is 9.86. The molecule has 10 heteroatoms. The lowest BCUT2D eigenvalue weighted by Gasteiger charge is -2.12. The number of sulfonamides is 1. The smallest absolute Gasteiger partial charge is 0.264 e. The summed E-state index contributed by atoms with van der Waals surface area (Å²) < 4.78 is 38.5. The van der Waals surface area contributed by atoms with Gasteiger partial charge in [0.15, 0.2) is 18.1 Å². The molecule has 0 aliphatic carbocycles. The average Bonchev–Trinajstić information content (AvgIpc) is 2.72. The molecule has 0 atom stereocenters. The second-order valence-corrected chi connectivity index (χ2v) is 8.50. The summed E-state index contributed by atoms with van der Waals surface area (Å²) in [4.78, 5) is 20.4. The highest BCUT2D eigenvalue weighted by Gasteiger charge is 2.16. The van der Waals surface area contributed by atoms with Crippen molar-refractivity contribution in [1.82, 2.24) is 9.97 Å². The van der Waals surface area contributed by atoms with E-state index in [4.69, 9.17) is 9.47 Å². The van der Waals surface area contributed by atoms with Gasteiger partial charge >= 0.3 is 0 Å². The zero-order valence-electron chi connectivity index (χ0n) is 18.0. The Kier molecular flexibility index (Phi) is 7.26. The maximum absolute atomic E-state index is 12.6. The summed E-state index contributed by atoms with van der Waals surface area (Å²) >= 11 is 0. The molecular weight excluding hydrogens is 432 g/mol. The van der Waals surface area contributed by atoms with Crippen molar-refractivity contribution in [3.8, 4) is 11.5 Å². The van der Waals surface area contributed by atoms with Gasteiger partial charge in [-0.1, -0.05) is 12.1 Å². The Labute approximate surface area is 186 Å². The van der Waals surface area contributed by atoms with E-state index >= 15 is 0 Å². The zero-order chi connectivity index (χ0) is 23.1. The van der Waals surface area contributed by atoms with Crippen LogP contribution in [-0.4, -0.2) is 37.5 Å². The van der Waals surface area contributed by atoms with Gasteiger partial charge in [0.25, 0.3) is 15.9 Å². The number of anilines is 2. The summed E-state index contributed by atoms with van der Waals surface area (Å²) in [5.74, 6) is 0.626. The van der Waals surface area contributed by atoms with E-state index in [1.54, 1.807) is 38.1 Å². The molecule has 2 N–H and O–H groups in total. The van der Waals surface area contributed by atoms with Crippen molar-refractivity contribution in [3.05, 3.63) is 66.0 Å². The van der Waals surface area contributed by atoms with Crippen molar-refractivity contribution < 1.29 is 22.7 Å². The van der Waals surface area contributed by atoms with Crippen molar-refractivity contribution in [3.63, 3.8) is 0 Å². The average molecular weight is 457 g/mol. The van der Waals surface area contributed by atoms with Gasteiger partial charge in [-0.15, -0.1) is 0 Å². The molecular formula is C22H24N4O5S. The molecule has 32 heavy (non-hydrogen) atoms. The first kappa shape index (κ1) is 23.0. The Balaban J connectivity index is 1.61. The third-order valence-corrected chi connectivity index (χ3v) is 5.51. The van der Waals surface area contributed by atoms with Gasteiger partial charge in [0.1, 0.15) is 0 Å². The number of ether oxygens (including phenoxy) is 2. The minimum atomic E-state index is -3.87. The lowest BCUT2D eigenvalue weighted by atomic mass is 10.3. The van der Waals surface area contributed by atoms with Gasteiger partial charge < -0.3 is 14.8 Å². The molecule has 0 saturated heterocycles. The Morgan fingerprint density at radius 1 is 0.938 bits per heavy atom. The molecule has 0 aliphatic rings. The van der Waals surface area contributed by atoms with Crippen LogP contribution in [0.1, 0.15) is 18.3 Å². The van der Waals surface area contributed by atoms with E-state index in [0.29, 0.717) is 35.2 Å². The molecule has 3 aromatic rings. The van der Waals surface area contributed by atoms with Crippen LogP contribution in [0, 0.1) is 13.8 Å². The highest BCUT2D eigenvalue weighted by atomic mass is 32.2. The molecule has 0 bridgehead atoms. The van der Waals surface area contributed by atoms with Crippen LogP contribution in [-0.2, 0) is 14.8 Å². The number of nitrogens with one attached hydrogen (secondary N) is 2. The Morgan fingerprint density at radius 3 is 2.12 bits per heavy atom. The quantitative estimate of drug-likeness (QED) is 0.507. The van der Waals surface area contributed by atoms with Gasteiger partial charge in [-0.25, -0.2) is 23.1 Å². The number of hydrogen-bond acceptors (Lipinski definition) is 7. The van der Waals surface area contributed by atoms with Crippen LogP contribution >= 0.6 is 0 Å². The van der Waals surface area contributed by atoms with Gasteiger partial charge in [0.05, 0.1) is 11.5 Å². The fourth-order valence-corrected chi connectivity index (χ4v) is 3.80. The van der Waals surface area contributed by atoms with E-state index in [1.807, 2.05) is 13.0 Å². The molecule has 0 radical (unpaired) electrons. The molecule has 0 saturated carbocycles. The molecule has 1 amide bonds. The molecule has 0 fully saturated rings. The molecule has 9 nitrogen and oxygen atoms in total. The SMILES string of the molecule is CCOc1ccccc1OCC(=O)Nc1ccc(S(=O)(=O)Nc2nc(C)cc(C)n2)cc1. The van der Waals surface area contributed by atoms with Crippen molar-refractivity contribution >= 4 is 27.6 Å². The number of benzene rings is 2. The van der Waals surface area contributed by atoms with Crippen LogP contribution in [0.3, 0.4) is 0 Å². The van der Waals surface area contributed by atoms with Gasteiger partial charge in [0, 0.05) is 17.1 Å². The van der Waals surface area contributed by atoms with Crippen molar-refractivity contribution in [2.75, 3.05) is 23.3 Å². The third kappa shape index (κ3) is 6.17. The second-order valence-electron chi connectivity index (χ2n) is 6.82. The summed E-state index contributed by atoms with van der Waals surface area (Å²) in [6.07, 6.45) is 0. The molecule has 1 aromatic heterocycles. The number of carbonyl (C=O) groups is 1. The van der Waals surface area contributed by atoms with Gasteiger partial charge in [-0.2, -0.15) is 0 Å². The highest BCUT2D eigenvalue weighted by Crippen LogP contribution is 2.26. The van der Waals surface area contributed by atoms with Crippen LogP contribution in [0.15, 0.2) is 59.5 Å². The first-order valence-corrected chi connectivity index (χ1v) is 11.3. The second kappa shape index (κ2) is 10.1. The molecule has 3 rings (SSSR count). The van der Waals surface area contributed by atoms with E-state index in [0.717, 1.165) is 0 Å². The Hall–Kier alpha value is -3.66. The van der Waals surface area contributed by atoms with E-state index in [9.17, 15) is 13.2 Å². The number of rotatable bonds is 9. The van der Waals surface area contributed by atoms with E-state index in [1.165, 1.54) is 24.3 Å². The monoisotopic (exact) mass is 456 g/mol. The van der Waals surface area contributed by atoms with Crippen molar-refractivity contribution in [2.45, 2.75) is 25.7 Å².